The van der Waals surface area contributed by atoms with E-state index < -0.39 is 0 Å². The van der Waals surface area contributed by atoms with E-state index in [0.717, 1.165) is 6.21 Å². The zero-order chi connectivity index (χ0) is 5.70. The summed E-state index contributed by atoms with van der Waals surface area (Å²) in [7, 11) is 0. The van der Waals surface area contributed by atoms with Gasteiger partial charge in [0.15, 0.2) is 0 Å². The van der Waals surface area contributed by atoms with Gasteiger partial charge in [-0.2, -0.15) is 0 Å². The van der Waals surface area contributed by atoms with Gasteiger partial charge in [-0.25, -0.2) is 0 Å². The van der Waals surface area contributed by atoms with Gasteiger partial charge in [0.2, 0.25) is 0 Å². The van der Waals surface area contributed by atoms with E-state index >= 15 is 0 Å². The quantitative estimate of drug-likeness (QED) is 0.399. The fraction of sp³-hybridized carbons (Fsp3) is 0.500. The second kappa shape index (κ2) is 3.33. The Hall–Kier alpha value is -0.860. The van der Waals surface area contributed by atoms with Gasteiger partial charge in [0.05, 0.1) is 0 Å². The third kappa shape index (κ3) is 5.14. The predicted octanol–water partition coefficient (Wildman–Crippen LogP) is 0.199. The molecule has 0 heterocycles. The van der Waals surface area contributed by atoms with Crippen molar-refractivity contribution in [2.24, 2.45) is 0 Å². The zero-order valence-corrected chi connectivity index (χ0v) is 4.10. The molecular formula is C4H7NO2. The van der Waals surface area contributed by atoms with Gasteiger partial charge in [0, 0.05) is 13.1 Å². The molecule has 0 bridgehead atoms. The fourth-order valence-corrected chi connectivity index (χ4v) is 0.159. The van der Waals surface area contributed by atoms with Crippen LogP contribution in [0, 0.1) is 5.41 Å². The summed E-state index contributed by atoms with van der Waals surface area (Å²) in [6.07, 6.45) is 1.03. The summed E-state index contributed by atoms with van der Waals surface area (Å²) in [6, 6.07) is 0. The Kier molecular flexibility index (Phi) is 2.92. The maximum Gasteiger partial charge on any atom is 0.302 e. The van der Waals surface area contributed by atoms with Crippen molar-refractivity contribution in [3.05, 3.63) is 0 Å². The Balaban J connectivity index is 2.97. The van der Waals surface area contributed by atoms with Crippen LogP contribution < -0.4 is 0 Å². The maximum absolute atomic E-state index is 9.88. The van der Waals surface area contributed by atoms with Gasteiger partial charge in [-0.3, -0.25) is 4.79 Å². The molecule has 0 aromatic rings. The molecule has 0 unspecified atom stereocenters. The Labute approximate surface area is 41.8 Å². The summed E-state index contributed by atoms with van der Waals surface area (Å²) in [6.45, 7) is 1.40. The lowest BCUT2D eigenvalue weighted by Crippen LogP contribution is -1.99. The second-order valence-electron chi connectivity index (χ2n) is 1.01. The number of nitrogens with one attached hydrogen (secondary N) is 1. The summed E-state index contributed by atoms with van der Waals surface area (Å²) in [4.78, 5) is 9.88. The Morgan fingerprint density at radius 3 is 2.71 bits per heavy atom. The molecule has 0 amide bonds. The molecule has 1 N–H and O–H groups in total. The number of hydrogen-bond donors (Lipinski definition) is 1. The van der Waals surface area contributed by atoms with Gasteiger partial charge in [0.1, 0.15) is 6.61 Å². The minimum Gasteiger partial charge on any atom is -0.460 e. The van der Waals surface area contributed by atoms with Gasteiger partial charge in [-0.15, -0.1) is 0 Å². The minimum absolute atomic E-state index is 0.0926. The van der Waals surface area contributed by atoms with Crippen LogP contribution in [0.2, 0.25) is 0 Å². The first kappa shape index (κ1) is 6.14. The van der Waals surface area contributed by atoms with Crippen LogP contribution in [0.25, 0.3) is 0 Å². The molecule has 3 nitrogen and oxygen atoms in total. The minimum atomic E-state index is -0.344. The zero-order valence-electron chi connectivity index (χ0n) is 4.10. The van der Waals surface area contributed by atoms with Gasteiger partial charge in [-0.05, 0) is 0 Å². The number of rotatable bonds is 2. The Morgan fingerprint density at radius 2 is 2.57 bits per heavy atom. The summed E-state index contributed by atoms with van der Waals surface area (Å²) in [5.41, 5.74) is 0. The highest BCUT2D eigenvalue weighted by Gasteiger charge is 1.84. The third-order valence-corrected chi connectivity index (χ3v) is 0.370. The van der Waals surface area contributed by atoms with Crippen molar-refractivity contribution >= 4 is 12.2 Å². The molecule has 3 heteroatoms. The number of carbonyl (C=O) groups is 1. The van der Waals surface area contributed by atoms with Gasteiger partial charge < -0.3 is 10.1 Å². The molecule has 0 radical (unpaired) electrons. The molecule has 0 aliphatic rings. The molecule has 0 rings (SSSR count). The van der Waals surface area contributed by atoms with Crippen LogP contribution in [-0.2, 0) is 9.53 Å². The second-order valence-corrected chi connectivity index (χ2v) is 1.01. The van der Waals surface area contributed by atoms with Crippen molar-refractivity contribution in [1.29, 1.82) is 5.41 Å². The SMILES string of the molecule is CC(=O)OCC=N. The third-order valence-electron chi connectivity index (χ3n) is 0.370. The molecule has 0 saturated heterocycles. The van der Waals surface area contributed by atoms with E-state index in [0.29, 0.717) is 0 Å². The topological polar surface area (TPSA) is 50.2 Å². The van der Waals surface area contributed by atoms with Gasteiger partial charge >= 0.3 is 5.97 Å². The summed E-state index contributed by atoms with van der Waals surface area (Å²) in [5, 5.41) is 6.39. The molecule has 7 heavy (non-hydrogen) atoms. The van der Waals surface area contributed by atoms with Crippen molar-refractivity contribution in [3.8, 4) is 0 Å². The van der Waals surface area contributed by atoms with Crippen LogP contribution in [0.15, 0.2) is 0 Å². The van der Waals surface area contributed by atoms with Crippen LogP contribution in [0.5, 0.6) is 0 Å². The maximum atomic E-state index is 9.88. The van der Waals surface area contributed by atoms with E-state index in [4.69, 9.17) is 5.41 Å². The average Bonchev–Trinajstić information content (AvgIpc) is 1.61. The van der Waals surface area contributed by atoms with Crippen LogP contribution in [0.1, 0.15) is 6.92 Å². The highest BCUT2D eigenvalue weighted by Crippen LogP contribution is 1.68. The highest BCUT2D eigenvalue weighted by atomic mass is 16.5. The molecule has 0 atom stereocenters. The van der Waals surface area contributed by atoms with Crippen LogP contribution in [0.3, 0.4) is 0 Å². The fourth-order valence-electron chi connectivity index (χ4n) is 0.159. The molecular weight excluding hydrogens is 94.0 g/mol. The molecule has 0 spiro atoms. The van der Waals surface area contributed by atoms with E-state index in [-0.39, 0.29) is 12.6 Å². The Bertz CT molecular complexity index is 79.8. The summed E-state index contributed by atoms with van der Waals surface area (Å²) < 4.78 is 4.31. The lowest BCUT2D eigenvalue weighted by molar-refractivity contribution is -0.139. The van der Waals surface area contributed by atoms with E-state index in [2.05, 4.69) is 4.74 Å². The van der Waals surface area contributed by atoms with E-state index in [1.54, 1.807) is 0 Å². The van der Waals surface area contributed by atoms with E-state index in [9.17, 15) is 4.79 Å². The standard InChI is InChI=1S/C4H7NO2/c1-4(6)7-3-2-5/h2,5H,3H2,1H3. The van der Waals surface area contributed by atoms with Gasteiger partial charge in [-0.1, -0.05) is 0 Å². The Morgan fingerprint density at radius 1 is 2.00 bits per heavy atom. The highest BCUT2D eigenvalue weighted by molar-refractivity contribution is 5.68. The van der Waals surface area contributed by atoms with Crippen molar-refractivity contribution in [2.75, 3.05) is 6.61 Å². The lowest BCUT2D eigenvalue weighted by Gasteiger charge is -1.90. The molecule has 40 valence electrons. The molecule has 0 aliphatic heterocycles. The monoisotopic (exact) mass is 101 g/mol. The smallest absolute Gasteiger partial charge is 0.302 e. The number of carbonyl (C=O) groups excluding carboxylic acids is 1. The average molecular weight is 101 g/mol. The van der Waals surface area contributed by atoms with E-state index in [1.807, 2.05) is 0 Å². The largest absolute Gasteiger partial charge is 0.460 e. The molecule has 0 aromatic heterocycles. The molecule has 0 aliphatic carbocycles. The van der Waals surface area contributed by atoms with Crippen molar-refractivity contribution in [3.63, 3.8) is 0 Å². The van der Waals surface area contributed by atoms with E-state index in [1.165, 1.54) is 6.92 Å². The summed E-state index contributed by atoms with van der Waals surface area (Å²) in [5.74, 6) is -0.344. The number of esters is 1. The first-order valence-electron chi connectivity index (χ1n) is 1.89. The molecule has 0 saturated carbocycles. The van der Waals surface area contributed by atoms with Crippen molar-refractivity contribution in [2.45, 2.75) is 6.92 Å². The first-order chi connectivity index (χ1) is 3.27. The van der Waals surface area contributed by atoms with Crippen molar-refractivity contribution < 1.29 is 9.53 Å². The van der Waals surface area contributed by atoms with Gasteiger partial charge in [0.25, 0.3) is 0 Å². The first-order valence-corrected chi connectivity index (χ1v) is 1.89. The lowest BCUT2D eigenvalue weighted by atomic mass is 10.7. The molecule has 0 fully saturated rings. The van der Waals surface area contributed by atoms with Crippen molar-refractivity contribution in [1.82, 2.24) is 0 Å². The van der Waals surface area contributed by atoms with Crippen LogP contribution in [-0.4, -0.2) is 18.8 Å². The normalized spacial score (nSPS) is 7.57. The predicted molar refractivity (Wildman–Crippen MR) is 25.4 cm³/mol. The van der Waals surface area contributed by atoms with Crippen LogP contribution in [0.4, 0.5) is 0 Å². The number of hydrogen-bond acceptors (Lipinski definition) is 3. The molecule has 0 aromatic carbocycles. The van der Waals surface area contributed by atoms with Crippen LogP contribution >= 0.6 is 0 Å². The number of ether oxygens (including phenoxy) is 1. The summed E-state index contributed by atoms with van der Waals surface area (Å²) >= 11 is 0.